The van der Waals surface area contributed by atoms with E-state index in [1.54, 1.807) is 12.1 Å². The molecular formula is C13H18N2O5S. The molecule has 0 fully saturated rings. The number of fused-ring (bicyclic) bond motifs is 1. The first-order chi connectivity index (χ1) is 9.94. The fraction of sp³-hybridized carbons (Fsp3) is 0.462. The Labute approximate surface area is 123 Å². The van der Waals surface area contributed by atoms with Crippen molar-refractivity contribution in [3.05, 3.63) is 34.9 Å². The van der Waals surface area contributed by atoms with Gasteiger partial charge in [0.1, 0.15) is 0 Å². The molecule has 0 atom stereocenters. The fourth-order valence-corrected chi connectivity index (χ4v) is 3.40. The van der Waals surface area contributed by atoms with Gasteiger partial charge in [-0.25, -0.2) is 4.79 Å². The van der Waals surface area contributed by atoms with E-state index in [1.807, 2.05) is 0 Å². The van der Waals surface area contributed by atoms with Crippen molar-refractivity contribution in [3.8, 4) is 0 Å². The zero-order valence-electron chi connectivity index (χ0n) is 11.7. The third-order valence-corrected chi connectivity index (χ3v) is 4.92. The first kappa shape index (κ1) is 15.9. The van der Waals surface area contributed by atoms with E-state index < -0.39 is 16.2 Å². The van der Waals surface area contributed by atoms with Crippen LogP contribution in [-0.4, -0.2) is 50.6 Å². The van der Waals surface area contributed by atoms with E-state index in [1.165, 1.54) is 17.5 Å². The largest absolute Gasteiger partial charge is 0.478 e. The average Bonchev–Trinajstić information content (AvgIpc) is 2.46. The number of rotatable bonds is 6. The second-order valence-corrected chi connectivity index (χ2v) is 6.52. The first-order valence-electron chi connectivity index (χ1n) is 6.53. The summed E-state index contributed by atoms with van der Waals surface area (Å²) in [6.07, 6.45) is 0.570. The lowest BCUT2D eigenvalue weighted by Gasteiger charge is -2.28. The van der Waals surface area contributed by atoms with Gasteiger partial charge in [0, 0.05) is 26.7 Å². The number of ether oxygens (including phenoxy) is 1. The molecule has 0 aromatic heterocycles. The van der Waals surface area contributed by atoms with Gasteiger partial charge in [-0.05, 0) is 29.7 Å². The molecule has 0 amide bonds. The van der Waals surface area contributed by atoms with Crippen LogP contribution in [0.2, 0.25) is 0 Å². The van der Waals surface area contributed by atoms with Gasteiger partial charge >= 0.3 is 5.97 Å². The van der Waals surface area contributed by atoms with E-state index in [0.29, 0.717) is 19.6 Å². The molecule has 0 saturated carbocycles. The van der Waals surface area contributed by atoms with E-state index in [2.05, 4.69) is 4.72 Å². The van der Waals surface area contributed by atoms with Crippen molar-refractivity contribution in [3.63, 3.8) is 0 Å². The Morgan fingerprint density at radius 1 is 1.43 bits per heavy atom. The molecule has 0 bridgehead atoms. The summed E-state index contributed by atoms with van der Waals surface area (Å²) in [5.74, 6) is -1.02. The van der Waals surface area contributed by atoms with Crippen LogP contribution >= 0.6 is 0 Å². The number of nitrogens with one attached hydrogen (secondary N) is 1. The van der Waals surface area contributed by atoms with Crippen molar-refractivity contribution in [1.82, 2.24) is 9.03 Å². The molecule has 1 aromatic rings. The highest BCUT2D eigenvalue weighted by molar-refractivity contribution is 7.87. The number of carboxylic acid groups (broad SMARTS) is 1. The second kappa shape index (κ2) is 6.52. The number of nitrogens with zero attached hydrogens (tertiary/aromatic N) is 1. The average molecular weight is 314 g/mol. The number of aromatic carboxylic acids is 1. The van der Waals surface area contributed by atoms with E-state index in [9.17, 15) is 13.2 Å². The molecule has 1 heterocycles. The molecule has 0 unspecified atom stereocenters. The van der Waals surface area contributed by atoms with Crippen LogP contribution in [0.4, 0.5) is 0 Å². The third-order valence-electron chi connectivity index (χ3n) is 3.36. The van der Waals surface area contributed by atoms with Gasteiger partial charge in [0.25, 0.3) is 10.2 Å². The van der Waals surface area contributed by atoms with Crippen LogP contribution in [0, 0.1) is 0 Å². The number of hydrogen-bond acceptors (Lipinski definition) is 4. The molecule has 0 saturated heterocycles. The Kier molecular flexibility index (Phi) is 4.94. The summed E-state index contributed by atoms with van der Waals surface area (Å²) in [5.41, 5.74) is 1.89. The molecule has 1 aromatic carbocycles. The Morgan fingerprint density at radius 2 is 2.19 bits per heavy atom. The topological polar surface area (TPSA) is 95.9 Å². The lowest BCUT2D eigenvalue weighted by molar-refractivity contribution is 0.0696. The van der Waals surface area contributed by atoms with Crippen molar-refractivity contribution in [2.45, 2.75) is 13.0 Å². The number of carbonyl (C=O) groups is 1. The molecule has 0 radical (unpaired) electrons. The Balaban J connectivity index is 2.14. The van der Waals surface area contributed by atoms with Gasteiger partial charge in [-0.3, -0.25) is 0 Å². The molecule has 8 heteroatoms. The summed E-state index contributed by atoms with van der Waals surface area (Å²) in [4.78, 5) is 11.0. The monoisotopic (exact) mass is 314 g/mol. The minimum Gasteiger partial charge on any atom is -0.478 e. The molecule has 2 rings (SSSR count). The van der Waals surface area contributed by atoms with Crippen LogP contribution in [0.25, 0.3) is 0 Å². The molecule has 1 aliphatic heterocycles. The minimum absolute atomic E-state index is 0.167. The second-order valence-electron chi connectivity index (χ2n) is 4.76. The highest BCUT2D eigenvalue weighted by atomic mass is 32.2. The molecule has 1 aliphatic rings. The van der Waals surface area contributed by atoms with E-state index in [4.69, 9.17) is 9.84 Å². The van der Waals surface area contributed by atoms with Crippen molar-refractivity contribution < 1.29 is 23.1 Å². The zero-order chi connectivity index (χ0) is 15.5. The number of benzene rings is 1. The van der Waals surface area contributed by atoms with Crippen molar-refractivity contribution in [2.75, 3.05) is 26.8 Å². The van der Waals surface area contributed by atoms with Crippen LogP contribution in [0.15, 0.2) is 18.2 Å². The lowest BCUT2D eigenvalue weighted by Crippen LogP contribution is -2.44. The number of methoxy groups -OCH3 is 1. The molecule has 2 N–H and O–H groups in total. The maximum Gasteiger partial charge on any atom is 0.335 e. The molecule has 7 nitrogen and oxygen atoms in total. The SMILES string of the molecule is COCCNS(=O)(=O)N1CCc2ccc(C(=O)O)cc2C1. The summed E-state index contributed by atoms with van der Waals surface area (Å²) in [6, 6.07) is 4.83. The predicted molar refractivity (Wildman–Crippen MR) is 76.3 cm³/mol. The Hall–Kier alpha value is -1.48. The van der Waals surface area contributed by atoms with Gasteiger partial charge in [-0.15, -0.1) is 0 Å². The van der Waals surface area contributed by atoms with Crippen LogP contribution in [0.1, 0.15) is 21.5 Å². The van der Waals surface area contributed by atoms with Crippen LogP contribution in [-0.2, 0) is 27.9 Å². The fourth-order valence-electron chi connectivity index (χ4n) is 2.23. The quantitative estimate of drug-likeness (QED) is 0.733. The highest BCUT2D eigenvalue weighted by Gasteiger charge is 2.26. The zero-order valence-corrected chi connectivity index (χ0v) is 12.5. The van der Waals surface area contributed by atoms with Gasteiger partial charge in [-0.1, -0.05) is 6.07 Å². The van der Waals surface area contributed by atoms with Gasteiger partial charge in [0.15, 0.2) is 0 Å². The normalized spacial score (nSPS) is 15.7. The first-order valence-corrected chi connectivity index (χ1v) is 7.97. The van der Waals surface area contributed by atoms with E-state index in [0.717, 1.165) is 11.1 Å². The number of hydrogen-bond donors (Lipinski definition) is 2. The summed E-state index contributed by atoms with van der Waals surface area (Å²) >= 11 is 0. The minimum atomic E-state index is -3.58. The van der Waals surface area contributed by atoms with Crippen LogP contribution in [0.5, 0.6) is 0 Å². The van der Waals surface area contributed by atoms with Crippen molar-refractivity contribution in [2.24, 2.45) is 0 Å². The number of carboxylic acids is 1. The molecular weight excluding hydrogens is 296 g/mol. The molecule has 21 heavy (non-hydrogen) atoms. The van der Waals surface area contributed by atoms with E-state index >= 15 is 0 Å². The lowest BCUT2D eigenvalue weighted by atomic mass is 9.99. The standard InChI is InChI=1S/C13H18N2O5S/c1-20-7-5-14-21(18,19)15-6-4-10-2-3-11(13(16)17)8-12(10)9-15/h2-3,8,14H,4-7,9H2,1H3,(H,16,17). The maximum atomic E-state index is 12.1. The third kappa shape index (κ3) is 3.79. The summed E-state index contributed by atoms with van der Waals surface area (Å²) in [6.45, 7) is 1.06. The maximum absolute atomic E-state index is 12.1. The van der Waals surface area contributed by atoms with Gasteiger partial charge < -0.3 is 9.84 Å². The Morgan fingerprint density at radius 3 is 2.86 bits per heavy atom. The summed E-state index contributed by atoms with van der Waals surface area (Å²) < 4.78 is 32.8. The molecule has 116 valence electrons. The van der Waals surface area contributed by atoms with Crippen LogP contribution < -0.4 is 4.72 Å². The molecule has 0 aliphatic carbocycles. The predicted octanol–water partition coefficient (Wildman–Crippen LogP) is 0.224. The summed E-state index contributed by atoms with van der Waals surface area (Å²) in [7, 11) is -2.08. The van der Waals surface area contributed by atoms with Crippen molar-refractivity contribution in [1.29, 1.82) is 0 Å². The Bertz CT molecular complexity index is 629. The highest BCUT2D eigenvalue weighted by Crippen LogP contribution is 2.22. The summed E-state index contributed by atoms with van der Waals surface area (Å²) in [5, 5.41) is 9.00. The van der Waals surface area contributed by atoms with Gasteiger partial charge in [-0.2, -0.15) is 17.4 Å². The van der Waals surface area contributed by atoms with E-state index in [-0.39, 0.29) is 18.7 Å². The molecule has 0 spiro atoms. The van der Waals surface area contributed by atoms with Crippen LogP contribution in [0.3, 0.4) is 0 Å². The van der Waals surface area contributed by atoms with Gasteiger partial charge in [0.2, 0.25) is 0 Å². The smallest absolute Gasteiger partial charge is 0.335 e. The van der Waals surface area contributed by atoms with Gasteiger partial charge in [0.05, 0.1) is 12.2 Å². The van der Waals surface area contributed by atoms with Crippen molar-refractivity contribution >= 4 is 16.2 Å².